The van der Waals surface area contributed by atoms with Gasteiger partial charge in [0.1, 0.15) is 11.6 Å². The van der Waals surface area contributed by atoms with Crippen molar-refractivity contribution in [3.05, 3.63) is 0 Å². The van der Waals surface area contributed by atoms with Gasteiger partial charge in [-0.3, -0.25) is 14.4 Å². The van der Waals surface area contributed by atoms with Crippen molar-refractivity contribution in [2.24, 2.45) is 0 Å². The molecule has 0 atom stereocenters. The molecule has 1 N–H and O–H groups in total. The summed E-state index contributed by atoms with van der Waals surface area (Å²) in [6.07, 6.45) is 0.188. The second-order valence-electron chi connectivity index (χ2n) is 2.92. The molecule has 15 heavy (non-hydrogen) atoms. The topological polar surface area (TPSA) is 80.7 Å². The molecule has 0 saturated carbocycles. The standard InChI is InChI=1S/C5H10O3.C5H8O2/c1-2-8-4-3-5(6)7;1-4(6)3-5(2)7/h2-4H2,1H3,(H,6,7);3H2,1-2H3. The van der Waals surface area contributed by atoms with Gasteiger partial charge in [-0.25, -0.2) is 0 Å². The first-order valence-electron chi connectivity index (χ1n) is 4.68. The quantitative estimate of drug-likeness (QED) is 0.532. The average molecular weight is 218 g/mol. The highest BCUT2D eigenvalue weighted by Gasteiger charge is 1.94. The van der Waals surface area contributed by atoms with Crippen LogP contribution >= 0.6 is 0 Å². The lowest BCUT2D eigenvalue weighted by atomic mass is 10.2. The van der Waals surface area contributed by atoms with Crippen LogP contribution in [0.25, 0.3) is 0 Å². The number of hydrogen-bond acceptors (Lipinski definition) is 4. The molecular weight excluding hydrogens is 200 g/mol. The largest absolute Gasteiger partial charge is 0.481 e. The third-order valence-electron chi connectivity index (χ3n) is 1.16. The SMILES string of the molecule is CC(=O)CC(C)=O.CCOCCC(=O)O. The van der Waals surface area contributed by atoms with E-state index in [4.69, 9.17) is 9.84 Å². The number of carbonyl (C=O) groups is 3. The van der Waals surface area contributed by atoms with Crippen LogP contribution < -0.4 is 0 Å². The summed E-state index contributed by atoms with van der Waals surface area (Å²) in [5.41, 5.74) is 0. The zero-order valence-electron chi connectivity index (χ0n) is 9.41. The summed E-state index contributed by atoms with van der Waals surface area (Å²) in [7, 11) is 0. The Hall–Kier alpha value is -1.23. The Kier molecular flexibility index (Phi) is 11.7. The van der Waals surface area contributed by atoms with E-state index in [1.165, 1.54) is 13.8 Å². The average Bonchev–Trinajstić information content (AvgIpc) is 2.02. The molecule has 5 heteroatoms. The number of Topliss-reactive ketones (excluding diaryl/α,β-unsaturated/α-hetero) is 2. The Morgan fingerprint density at radius 2 is 1.60 bits per heavy atom. The Morgan fingerprint density at radius 1 is 1.13 bits per heavy atom. The van der Waals surface area contributed by atoms with Gasteiger partial charge in [-0.2, -0.15) is 0 Å². The predicted molar refractivity (Wildman–Crippen MR) is 54.7 cm³/mol. The fraction of sp³-hybridized carbons (Fsp3) is 0.700. The van der Waals surface area contributed by atoms with Crippen LogP contribution in [-0.2, 0) is 19.1 Å². The lowest BCUT2D eigenvalue weighted by Crippen LogP contribution is -2.01. The summed E-state index contributed by atoms with van der Waals surface area (Å²) in [6.45, 7) is 5.56. The minimum absolute atomic E-state index is 0.0625. The van der Waals surface area contributed by atoms with Crippen molar-refractivity contribution in [3.8, 4) is 0 Å². The summed E-state index contributed by atoms with van der Waals surface area (Å²) in [5, 5.41) is 8.06. The van der Waals surface area contributed by atoms with Gasteiger partial charge >= 0.3 is 5.97 Å². The van der Waals surface area contributed by atoms with Gasteiger partial charge in [0.15, 0.2) is 0 Å². The molecular formula is C10H18O5. The number of rotatable bonds is 6. The van der Waals surface area contributed by atoms with Crippen LogP contribution in [0.4, 0.5) is 0 Å². The van der Waals surface area contributed by atoms with Crippen molar-refractivity contribution < 1.29 is 24.2 Å². The van der Waals surface area contributed by atoms with Crippen molar-refractivity contribution in [2.45, 2.75) is 33.6 Å². The van der Waals surface area contributed by atoms with Crippen LogP contribution in [-0.4, -0.2) is 35.9 Å². The maximum atomic E-state index is 10.0. The summed E-state index contributed by atoms with van der Waals surface area (Å²) >= 11 is 0. The lowest BCUT2D eigenvalue weighted by Gasteiger charge is -1.93. The number of ether oxygens (including phenoxy) is 1. The normalized spacial score (nSPS) is 8.73. The maximum Gasteiger partial charge on any atom is 0.305 e. The van der Waals surface area contributed by atoms with Gasteiger partial charge in [0.05, 0.1) is 19.4 Å². The van der Waals surface area contributed by atoms with Crippen LogP contribution in [0.3, 0.4) is 0 Å². The summed E-state index contributed by atoms with van der Waals surface area (Å²) in [6, 6.07) is 0. The number of carboxylic acids is 1. The maximum absolute atomic E-state index is 10.0. The summed E-state index contributed by atoms with van der Waals surface area (Å²) in [5.74, 6) is -0.932. The Labute approximate surface area is 89.4 Å². The number of carbonyl (C=O) groups excluding carboxylic acids is 2. The molecule has 0 spiro atoms. The van der Waals surface area contributed by atoms with Crippen molar-refractivity contribution in [1.29, 1.82) is 0 Å². The minimum atomic E-state index is -0.807. The van der Waals surface area contributed by atoms with Crippen LogP contribution in [0.1, 0.15) is 33.6 Å². The van der Waals surface area contributed by atoms with Crippen molar-refractivity contribution in [1.82, 2.24) is 0 Å². The molecule has 0 amide bonds. The van der Waals surface area contributed by atoms with Crippen molar-refractivity contribution in [3.63, 3.8) is 0 Å². The monoisotopic (exact) mass is 218 g/mol. The van der Waals surface area contributed by atoms with E-state index >= 15 is 0 Å². The van der Waals surface area contributed by atoms with E-state index in [9.17, 15) is 14.4 Å². The summed E-state index contributed by atoms with van der Waals surface area (Å²) in [4.78, 5) is 29.9. The molecule has 5 nitrogen and oxygen atoms in total. The number of ketones is 2. The molecule has 0 bridgehead atoms. The fourth-order valence-electron chi connectivity index (χ4n) is 0.654. The highest BCUT2D eigenvalue weighted by atomic mass is 16.5. The lowest BCUT2D eigenvalue weighted by molar-refractivity contribution is -0.138. The van der Waals surface area contributed by atoms with E-state index in [1.807, 2.05) is 6.92 Å². The fourth-order valence-corrected chi connectivity index (χ4v) is 0.654. The molecule has 0 aliphatic rings. The highest BCUT2D eigenvalue weighted by Crippen LogP contribution is 1.80. The third kappa shape index (κ3) is 24.5. The molecule has 0 saturated heterocycles. The van der Waals surface area contributed by atoms with E-state index in [0.717, 1.165) is 0 Å². The molecule has 0 fully saturated rings. The Balaban J connectivity index is 0. The van der Waals surface area contributed by atoms with E-state index in [0.29, 0.717) is 13.2 Å². The first-order valence-corrected chi connectivity index (χ1v) is 4.68. The van der Waals surface area contributed by atoms with Crippen LogP contribution in [0.2, 0.25) is 0 Å². The molecule has 0 aliphatic carbocycles. The van der Waals surface area contributed by atoms with Crippen LogP contribution in [0, 0.1) is 0 Å². The van der Waals surface area contributed by atoms with Crippen LogP contribution in [0.5, 0.6) is 0 Å². The van der Waals surface area contributed by atoms with Crippen LogP contribution in [0.15, 0.2) is 0 Å². The smallest absolute Gasteiger partial charge is 0.305 e. The van der Waals surface area contributed by atoms with Gasteiger partial charge in [0, 0.05) is 6.61 Å². The molecule has 0 aromatic rings. The molecule has 0 unspecified atom stereocenters. The van der Waals surface area contributed by atoms with Crippen molar-refractivity contribution in [2.75, 3.05) is 13.2 Å². The van der Waals surface area contributed by atoms with Gasteiger partial charge in [0.2, 0.25) is 0 Å². The molecule has 88 valence electrons. The second kappa shape index (κ2) is 10.8. The molecule has 0 radical (unpaired) electrons. The first-order chi connectivity index (χ1) is 6.90. The van der Waals surface area contributed by atoms with E-state index < -0.39 is 5.97 Å². The zero-order chi connectivity index (χ0) is 12.3. The molecule has 0 rings (SSSR count). The number of hydrogen-bond donors (Lipinski definition) is 1. The Morgan fingerprint density at radius 3 is 1.80 bits per heavy atom. The highest BCUT2D eigenvalue weighted by molar-refractivity contribution is 5.96. The molecule has 0 aliphatic heterocycles. The first kappa shape index (κ1) is 16.2. The predicted octanol–water partition coefficient (Wildman–Crippen LogP) is 1.05. The number of carboxylic acid groups (broad SMARTS) is 1. The third-order valence-corrected chi connectivity index (χ3v) is 1.16. The van der Waals surface area contributed by atoms with Gasteiger partial charge in [-0.15, -0.1) is 0 Å². The second-order valence-corrected chi connectivity index (χ2v) is 2.92. The van der Waals surface area contributed by atoms with Gasteiger partial charge in [-0.05, 0) is 20.8 Å². The van der Waals surface area contributed by atoms with E-state index in [1.54, 1.807) is 0 Å². The van der Waals surface area contributed by atoms with E-state index in [-0.39, 0.29) is 24.4 Å². The Bertz CT molecular complexity index is 198. The van der Waals surface area contributed by atoms with Crippen molar-refractivity contribution >= 4 is 17.5 Å². The van der Waals surface area contributed by atoms with Gasteiger partial charge in [0.25, 0.3) is 0 Å². The summed E-state index contributed by atoms with van der Waals surface area (Å²) < 4.78 is 4.76. The molecule has 0 aromatic heterocycles. The zero-order valence-corrected chi connectivity index (χ0v) is 9.41. The van der Waals surface area contributed by atoms with E-state index in [2.05, 4.69) is 0 Å². The molecule has 0 aromatic carbocycles. The van der Waals surface area contributed by atoms with Gasteiger partial charge in [-0.1, -0.05) is 0 Å². The number of aliphatic carboxylic acids is 1. The molecule has 0 heterocycles. The van der Waals surface area contributed by atoms with Gasteiger partial charge < -0.3 is 9.84 Å². The minimum Gasteiger partial charge on any atom is -0.481 e.